The SMILES string of the molecule is COCC1CCCCN1C(=O)CCC(=O)N1Cc2ccccc2C[C@H]1C(=O)N[C@@H](CCN)C(=O)Nc1ccc(Cl)c(Cl)c1F. The van der Waals surface area contributed by atoms with Crippen LogP contribution in [0.5, 0.6) is 0 Å². The van der Waals surface area contributed by atoms with E-state index in [2.05, 4.69) is 10.6 Å². The zero-order valence-corrected chi connectivity index (χ0v) is 26.1. The number of piperidine rings is 1. The van der Waals surface area contributed by atoms with Crippen LogP contribution in [0.1, 0.15) is 49.7 Å². The van der Waals surface area contributed by atoms with Crippen molar-refractivity contribution >= 4 is 52.5 Å². The number of benzene rings is 2. The maximum Gasteiger partial charge on any atom is 0.247 e. The normalized spacial score (nSPS) is 18.8. The summed E-state index contributed by atoms with van der Waals surface area (Å²) >= 11 is 11.7. The topological polar surface area (TPSA) is 134 Å². The molecule has 2 aromatic rings. The lowest BCUT2D eigenvalue weighted by Crippen LogP contribution is -2.56. The fourth-order valence-corrected chi connectivity index (χ4v) is 6.07. The van der Waals surface area contributed by atoms with Gasteiger partial charge in [0.05, 0.1) is 28.4 Å². The summed E-state index contributed by atoms with van der Waals surface area (Å²) in [5.41, 5.74) is 7.34. The van der Waals surface area contributed by atoms with Gasteiger partial charge in [0.15, 0.2) is 5.82 Å². The molecule has 1 fully saturated rings. The first-order valence-corrected chi connectivity index (χ1v) is 15.5. The second kappa shape index (κ2) is 15.7. The Hall–Kier alpha value is -3.25. The summed E-state index contributed by atoms with van der Waals surface area (Å²) in [7, 11) is 1.60. The van der Waals surface area contributed by atoms with Crippen molar-refractivity contribution in [2.75, 3.05) is 32.1 Å². The molecule has 0 aromatic heterocycles. The van der Waals surface area contributed by atoms with Crippen LogP contribution in [0.4, 0.5) is 10.1 Å². The zero-order chi connectivity index (χ0) is 31.8. The van der Waals surface area contributed by atoms with Gasteiger partial charge in [0.25, 0.3) is 0 Å². The molecule has 4 N–H and O–H groups in total. The zero-order valence-electron chi connectivity index (χ0n) is 24.6. The fourth-order valence-electron chi connectivity index (χ4n) is 5.76. The molecule has 4 amide bonds. The van der Waals surface area contributed by atoms with Crippen LogP contribution in [0.3, 0.4) is 0 Å². The Morgan fingerprint density at radius 1 is 1.05 bits per heavy atom. The number of carbonyl (C=O) groups is 4. The molecule has 2 aliphatic rings. The lowest BCUT2D eigenvalue weighted by atomic mass is 9.92. The van der Waals surface area contributed by atoms with E-state index < -0.39 is 29.7 Å². The minimum absolute atomic E-state index is 0.0104. The van der Waals surface area contributed by atoms with E-state index in [4.69, 9.17) is 33.7 Å². The van der Waals surface area contributed by atoms with Crippen LogP contribution in [-0.2, 0) is 36.9 Å². The minimum atomic E-state index is -1.12. The lowest BCUT2D eigenvalue weighted by molar-refractivity contribution is -0.145. The number of nitrogens with two attached hydrogens (primary N) is 1. The average molecular weight is 651 g/mol. The van der Waals surface area contributed by atoms with Gasteiger partial charge in [0.1, 0.15) is 12.1 Å². The summed E-state index contributed by atoms with van der Waals surface area (Å²) in [6.07, 6.45) is 3.01. The van der Waals surface area contributed by atoms with Gasteiger partial charge in [-0.1, -0.05) is 47.5 Å². The van der Waals surface area contributed by atoms with Crippen LogP contribution in [0, 0.1) is 5.82 Å². The van der Waals surface area contributed by atoms with Crippen molar-refractivity contribution in [1.29, 1.82) is 0 Å². The third-order valence-corrected chi connectivity index (χ3v) is 8.89. The molecule has 10 nitrogen and oxygen atoms in total. The molecule has 13 heteroatoms. The number of halogens is 3. The smallest absolute Gasteiger partial charge is 0.247 e. The number of amides is 4. The van der Waals surface area contributed by atoms with Crippen LogP contribution in [0.25, 0.3) is 0 Å². The molecule has 0 aliphatic carbocycles. The van der Waals surface area contributed by atoms with Crippen molar-refractivity contribution in [3.63, 3.8) is 0 Å². The van der Waals surface area contributed by atoms with E-state index in [-0.39, 0.29) is 72.4 Å². The van der Waals surface area contributed by atoms with E-state index in [1.54, 1.807) is 12.0 Å². The highest BCUT2D eigenvalue weighted by Gasteiger charge is 2.37. The summed E-state index contributed by atoms with van der Waals surface area (Å²) in [6, 6.07) is 8.06. The first-order valence-electron chi connectivity index (χ1n) is 14.7. The van der Waals surface area contributed by atoms with Crippen LogP contribution < -0.4 is 16.4 Å². The van der Waals surface area contributed by atoms with Gasteiger partial charge in [-0.2, -0.15) is 0 Å². The highest BCUT2D eigenvalue weighted by atomic mass is 35.5. The summed E-state index contributed by atoms with van der Waals surface area (Å²) in [5, 5.41) is 4.80. The molecule has 1 unspecified atom stereocenters. The highest BCUT2D eigenvalue weighted by molar-refractivity contribution is 6.42. The number of rotatable bonds is 11. The number of ether oxygens (including phenoxy) is 1. The molecular formula is C31H38Cl2FN5O5. The maximum absolute atomic E-state index is 14.6. The van der Waals surface area contributed by atoms with Crippen molar-refractivity contribution in [3.8, 4) is 0 Å². The van der Waals surface area contributed by atoms with Crippen molar-refractivity contribution in [3.05, 3.63) is 63.4 Å². The number of anilines is 1. The number of hydrogen-bond donors (Lipinski definition) is 3. The van der Waals surface area contributed by atoms with Gasteiger partial charge < -0.3 is 30.9 Å². The minimum Gasteiger partial charge on any atom is -0.383 e. The summed E-state index contributed by atoms with van der Waals surface area (Å²) in [5.74, 6) is -2.62. The van der Waals surface area contributed by atoms with Crippen molar-refractivity contribution in [2.24, 2.45) is 5.73 Å². The molecule has 0 bridgehead atoms. The van der Waals surface area contributed by atoms with Gasteiger partial charge in [-0.15, -0.1) is 0 Å². The number of fused-ring (bicyclic) bond motifs is 1. The Morgan fingerprint density at radius 3 is 2.45 bits per heavy atom. The quantitative estimate of drug-likeness (QED) is 0.318. The number of carbonyl (C=O) groups excluding carboxylic acids is 4. The van der Waals surface area contributed by atoms with Gasteiger partial charge in [0, 0.05) is 39.5 Å². The number of likely N-dealkylation sites (tertiary alicyclic amines) is 1. The molecule has 2 heterocycles. The van der Waals surface area contributed by atoms with E-state index in [0.717, 1.165) is 30.4 Å². The molecule has 4 rings (SSSR count). The molecular weight excluding hydrogens is 612 g/mol. The number of nitrogens with zero attached hydrogens (tertiary/aromatic N) is 2. The lowest BCUT2D eigenvalue weighted by Gasteiger charge is -2.37. The van der Waals surface area contributed by atoms with Gasteiger partial charge in [0.2, 0.25) is 23.6 Å². The molecule has 3 atom stereocenters. The van der Waals surface area contributed by atoms with E-state index in [1.807, 2.05) is 24.3 Å². The van der Waals surface area contributed by atoms with Crippen LogP contribution in [0.15, 0.2) is 36.4 Å². The molecule has 0 radical (unpaired) electrons. The van der Waals surface area contributed by atoms with Crippen molar-refractivity contribution in [2.45, 2.75) is 69.6 Å². The van der Waals surface area contributed by atoms with E-state index in [0.29, 0.717) is 13.2 Å². The van der Waals surface area contributed by atoms with Crippen LogP contribution in [-0.4, -0.2) is 78.4 Å². The summed E-state index contributed by atoms with van der Waals surface area (Å²) < 4.78 is 19.9. The Labute approximate surface area is 266 Å². The second-order valence-corrected chi connectivity index (χ2v) is 11.8. The highest BCUT2D eigenvalue weighted by Crippen LogP contribution is 2.30. The Morgan fingerprint density at radius 2 is 1.75 bits per heavy atom. The van der Waals surface area contributed by atoms with Gasteiger partial charge in [-0.05, 0) is 55.5 Å². The van der Waals surface area contributed by atoms with Crippen molar-refractivity contribution in [1.82, 2.24) is 15.1 Å². The summed E-state index contributed by atoms with van der Waals surface area (Å²) in [4.78, 5) is 56.8. The molecule has 44 heavy (non-hydrogen) atoms. The van der Waals surface area contributed by atoms with Gasteiger partial charge in [-0.3, -0.25) is 19.2 Å². The third kappa shape index (κ3) is 8.06. The predicted octanol–water partition coefficient (Wildman–Crippen LogP) is 3.67. The molecule has 0 spiro atoms. The van der Waals surface area contributed by atoms with Gasteiger partial charge in [-0.25, -0.2) is 4.39 Å². The Balaban J connectivity index is 1.47. The third-order valence-electron chi connectivity index (χ3n) is 8.11. The maximum atomic E-state index is 14.6. The van der Waals surface area contributed by atoms with Crippen molar-refractivity contribution < 1.29 is 28.3 Å². The van der Waals surface area contributed by atoms with Crippen LogP contribution in [0.2, 0.25) is 10.0 Å². The monoisotopic (exact) mass is 649 g/mol. The molecule has 0 saturated carbocycles. The van der Waals surface area contributed by atoms with E-state index in [1.165, 1.54) is 17.0 Å². The second-order valence-electron chi connectivity index (χ2n) is 11.1. The summed E-state index contributed by atoms with van der Waals surface area (Å²) in [6.45, 7) is 1.31. The molecule has 2 aromatic carbocycles. The van der Waals surface area contributed by atoms with E-state index in [9.17, 15) is 23.6 Å². The molecule has 2 aliphatic heterocycles. The van der Waals surface area contributed by atoms with E-state index >= 15 is 0 Å². The molecule has 1 saturated heterocycles. The fraction of sp³-hybridized carbons (Fsp3) is 0.484. The number of nitrogens with one attached hydrogen (secondary N) is 2. The van der Waals surface area contributed by atoms with Crippen LogP contribution >= 0.6 is 23.2 Å². The largest absolute Gasteiger partial charge is 0.383 e. The Bertz CT molecular complexity index is 1380. The van der Waals surface area contributed by atoms with Gasteiger partial charge >= 0.3 is 0 Å². The predicted molar refractivity (Wildman–Crippen MR) is 166 cm³/mol. The number of hydrogen-bond acceptors (Lipinski definition) is 6. The average Bonchev–Trinajstić information content (AvgIpc) is 3.03. The number of methoxy groups -OCH3 is 1. The first kappa shape index (κ1) is 33.6. The Kier molecular flexibility index (Phi) is 12.0. The standard InChI is InChI=1S/C31H38Cl2FN5O5/c1-44-18-21-8-4-5-15-38(21)26(40)11-12-27(41)39-17-20-7-3-2-6-19(20)16-25(39)31(43)37-24(13-14-35)30(42)36-23-10-9-22(32)28(33)29(23)34/h2-3,6-7,9-10,21,24-25H,4-5,8,11-18,35H2,1H3,(H,36,42)(H,37,43)/t21?,24-,25-/m0/s1. The first-order chi connectivity index (χ1) is 21.1. The molecule has 238 valence electrons.